The van der Waals surface area contributed by atoms with Gasteiger partial charge in [0, 0.05) is 12.0 Å². The minimum atomic E-state index is 0.0542. The van der Waals surface area contributed by atoms with Gasteiger partial charge in [-0.2, -0.15) is 9.78 Å². The van der Waals surface area contributed by atoms with Crippen molar-refractivity contribution in [2.24, 2.45) is 5.92 Å². The number of aromatic nitrogens is 4. The first-order valence-electron chi connectivity index (χ1n) is 13.3. The molecule has 2 heterocycles. The van der Waals surface area contributed by atoms with Crippen LogP contribution in [0.15, 0.2) is 84.9 Å². The Morgan fingerprint density at radius 1 is 0.921 bits per heavy atom. The van der Waals surface area contributed by atoms with E-state index in [0.717, 1.165) is 59.5 Å². The lowest BCUT2D eigenvalue weighted by molar-refractivity contribution is -0.120. The van der Waals surface area contributed by atoms with Crippen LogP contribution in [0.3, 0.4) is 0 Å². The third-order valence-electron chi connectivity index (χ3n) is 7.10. The highest BCUT2D eigenvalue weighted by molar-refractivity contribution is 5.92. The third-order valence-corrected chi connectivity index (χ3v) is 7.10. The number of hydrogen-bond acceptors (Lipinski definition) is 4. The maximum atomic E-state index is 13.1. The minimum absolute atomic E-state index is 0.0542. The minimum Gasteiger partial charge on any atom is -0.457 e. The molecule has 192 valence electrons. The smallest absolute Gasteiger partial charge is 0.234 e. The number of aryl methyl sites for hydroxylation is 1. The molecule has 1 saturated carbocycles. The van der Waals surface area contributed by atoms with E-state index in [9.17, 15) is 4.79 Å². The first-order chi connectivity index (χ1) is 18.6. The average molecular weight is 506 g/mol. The topological polar surface area (TPSA) is 74.0 Å². The Morgan fingerprint density at radius 3 is 2.53 bits per heavy atom. The summed E-state index contributed by atoms with van der Waals surface area (Å²) in [7, 11) is 0. The molecule has 0 atom stereocenters. The lowest BCUT2D eigenvalue weighted by atomic mass is 9.89. The Hall–Kier alpha value is -4.39. The molecule has 0 spiro atoms. The van der Waals surface area contributed by atoms with Crippen molar-refractivity contribution in [2.45, 2.75) is 45.6 Å². The van der Waals surface area contributed by atoms with E-state index in [2.05, 4.69) is 22.0 Å². The molecule has 0 radical (unpaired) electrons. The fraction of sp³-hybridized carbons (Fsp3) is 0.258. The molecule has 0 aliphatic heterocycles. The lowest BCUT2D eigenvalue weighted by Gasteiger charge is -2.21. The second-order valence-corrected chi connectivity index (χ2v) is 9.96. The van der Waals surface area contributed by atoms with E-state index in [4.69, 9.17) is 14.8 Å². The van der Waals surface area contributed by atoms with Crippen LogP contribution in [0.25, 0.3) is 17.0 Å². The Morgan fingerprint density at radius 2 is 1.68 bits per heavy atom. The van der Waals surface area contributed by atoms with E-state index < -0.39 is 0 Å². The summed E-state index contributed by atoms with van der Waals surface area (Å²) >= 11 is 0. The predicted octanol–water partition coefficient (Wildman–Crippen LogP) is 6.89. The molecule has 1 N–H and O–H groups in total. The molecule has 1 fully saturated rings. The molecular formula is C31H31N5O2. The largest absolute Gasteiger partial charge is 0.457 e. The van der Waals surface area contributed by atoms with Crippen LogP contribution in [0.2, 0.25) is 0 Å². The van der Waals surface area contributed by atoms with Gasteiger partial charge in [0.1, 0.15) is 17.3 Å². The fourth-order valence-corrected chi connectivity index (χ4v) is 5.23. The Kier molecular flexibility index (Phi) is 6.65. The highest BCUT2D eigenvalue weighted by Crippen LogP contribution is 2.28. The van der Waals surface area contributed by atoms with Crippen molar-refractivity contribution >= 4 is 22.8 Å². The number of ether oxygens (including phenoxy) is 1. The zero-order valence-corrected chi connectivity index (χ0v) is 21.5. The first kappa shape index (κ1) is 24.0. The van der Waals surface area contributed by atoms with Crippen molar-refractivity contribution in [3.63, 3.8) is 0 Å². The number of carbonyl (C=O) groups excluding carboxylic acids is 1. The summed E-state index contributed by atoms with van der Waals surface area (Å²) in [6.07, 6.45) is 5.32. The Labute approximate surface area is 222 Å². The maximum absolute atomic E-state index is 13.1. The van der Waals surface area contributed by atoms with E-state index >= 15 is 0 Å². The summed E-state index contributed by atoms with van der Waals surface area (Å²) in [6.45, 7) is 2.50. The molecule has 6 rings (SSSR count). The number of nitrogens with one attached hydrogen (secondary N) is 1. The van der Waals surface area contributed by atoms with Crippen molar-refractivity contribution in [1.29, 1.82) is 0 Å². The van der Waals surface area contributed by atoms with E-state index in [1.54, 1.807) is 4.68 Å². The molecule has 1 aliphatic carbocycles. The number of carbonyl (C=O) groups is 1. The molecular weight excluding hydrogens is 474 g/mol. The third kappa shape index (κ3) is 5.05. The van der Waals surface area contributed by atoms with Gasteiger partial charge in [-0.3, -0.25) is 4.79 Å². The second-order valence-electron chi connectivity index (χ2n) is 9.96. The summed E-state index contributed by atoms with van der Waals surface area (Å²) in [6, 6.07) is 27.8. The quantitative estimate of drug-likeness (QED) is 0.261. The summed E-state index contributed by atoms with van der Waals surface area (Å²) in [5, 5.41) is 7.90. The molecule has 1 amide bonds. The van der Waals surface area contributed by atoms with Gasteiger partial charge in [-0.05, 0) is 61.7 Å². The zero-order valence-electron chi connectivity index (χ0n) is 21.5. The van der Waals surface area contributed by atoms with E-state index in [-0.39, 0.29) is 11.8 Å². The SMILES string of the molecule is Cc1cc(NC(=O)C2CCCCC2)n(-c2nc3ccccc3n2Cc2cccc(Oc3ccccc3)c2)n1. The van der Waals surface area contributed by atoms with Crippen LogP contribution in [-0.4, -0.2) is 25.2 Å². The van der Waals surface area contributed by atoms with Crippen LogP contribution in [0.4, 0.5) is 5.82 Å². The first-order valence-corrected chi connectivity index (χ1v) is 13.3. The molecule has 3 aromatic carbocycles. The number of fused-ring (bicyclic) bond motifs is 1. The highest BCUT2D eigenvalue weighted by Gasteiger charge is 2.24. The fourth-order valence-electron chi connectivity index (χ4n) is 5.23. The Balaban J connectivity index is 1.34. The molecule has 0 bridgehead atoms. The monoisotopic (exact) mass is 505 g/mol. The van der Waals surface area contributed by atoms with Gasteiger partial charge in [0.05, 0.1) is 23.3 Å². The van der Waals surface area contributed by atoms with Gasteiger partial charge < -0.3 is 14.6 Å². The summed E-state index contributed by atoms with van der Waals surface area (Å²) in [5.41, 5.74) is 3.76. The van der Waals surface area contributed by atoms with Crippen molar-refractivity contribution in [3.05, 3.63) is 96.2 Å². The molecule has 38 heavy (non-hydrogen) atoms. The van der Waals surface area contributed by atoms with Crippen LogP contribution >= 0.6 is 0 Å². The average Bonchev–Trinajstić information content (AvgIpc) is 3.49. The Bertz CT molecular complexity index is 1560. The number of amides is 1. The normalized spacial score (nSPS) is 14.0. The van der Waals surface area contributed by atoms with Crippen molar-refractivity contribution in [3.8, 4) is 17.4 Å². The maximum Gasteiger partial charge on any atom is 0.234 e. The highest BCUT2D eigenvalue weighted by atomic mass is 16.5. The van der Waals surface area contributed by atoms with Crippen LogP contribution in [0.5, 0.6) is 11.5 Å². The van der Waals surface area contributed by atoms with Gasteiger partial charge in [0.2, 0.25) is 11.9 Å². The van der Waals surface area contributed by atoms with Gasteiger partial charge in [0.25, 0.3) is 0 Å². The summed E-state index contributed by atoms with van der Waals surface area (Å²) in [5.74, 6) is 3.00. The van der Waals surface area contributed by atoms with Crippen molar-refractivity contribution in [1.82, 2.24) is 19.3 Å². The number of anilines is 1. The molecule has 0 saturated heterocycles. The zero-order chi connectivity index (χ0) is 25.9. The van der Waals surface area contributed by atoms with Crippen molar-refractivity contribution < 1.29 is 9.53 Å². The molecule has 5 aromatic rings. The van der Waals surface area contributed by atoms with Gasteiger partial charge >= 0.3 is 0 Å². The standard InChI is InChI=1S/C31H31N5O2/c1-22-19-29(33-30(37)24-12-4-2-5-13-24)36(34-22)31-32-27-17-8-9-18-28(27)35(31)21-23-11-10-16-26(20-23)38-25-14-6-3-7-15-25/h3,6-11,14-20,24H,2,4-5,12-13,21H2,1H3,(H,33,37). The second kappa shape index (κ2) is 10.5. The van der Waals surface area contributed by atoms with Gasteiger partial charge in [-0.15, -0.1) is 0 Å². The van der Waals surface area contributed by atoms with Gasteiger partial charge in [-0.25, -0.2) is 4.98 Å². The molecule has 1 aliphatic rings. The van der Waals surface area contributed by atoms with E-state index in [1.807, 2.05) is 79.7 Å². The number of rotatable bonds is 7. The van der Waals surface area contributed by atoms with Crippen LogP contribution in [0, 0.1) is 12.8 Å². The molecule has 2 aromatic heterocycles. The van der Waals surface area contributed by atoms with Gasteiger partial charge in [0.15, 0.2) is 0 Å². The number of nitrogens with zero attached hydrogens (tertiary/aromatic N) is 4. The van der Waals surface area contributed by atoms with Gasteiger partial charge in [-0.1, -0.05) is 61.7 Å². The number of hydrogen-bond donors (Lipinski definition) is 1. The predicted molar refractivity (Wildman–Crippen MR) is 149 cm³/mol. The van der Waals surface area contributed by atoms with Crippen LogP contribution in [0.1, 0.15) is 43.4 Å². The molecule has 0 unspecified atom stereocenters. The summed E-state index contributed by atoms with van der Waals surface area (Å²) < 4.78 is 9.98. The van der Waals surface area contributed by atoms with E-state index in [1.165, 1.54) is 6.42 Å². The van der Waals surface area contributed by atoms with Crippen LogP contribution < -0.4 is 10.1 Å². The van der Waals surface area contributed by atoms with Crippen molar-refractivity contribution in [2.75, 3.05) is 5.32 Å². The summed E-state index contributed by atoms with van der Waals surface area (Å²) in [4.78, 5) is 18.0. The number of benzene rings is 3. The number of imidazole rings is 1. The van der Waals surface area contributed by atoms with Crippen LogP contribution in [-0.2, 0) is 11.3 Å². The lowest BCUT2D eigenvalue weighted by Crippen LogP contribution is -2.26. The van der Waals surface area contributed by atoms with E-state index in [0.29, 0.717) is 18.3 Å². The molecule has 7 nitrogen and oxygen atoms in total. The number of para-hydroxylation sites is 3. The molecule has 7 heteroatoms.